The van der Waals surface area contributed by atoms with Crippen LogP contribution in [0.5, 0.6) is 0 Å². The molecule has 1 aromatic heterocycles. The van der Waals surface area contributed by atoms with Crippen molar-refractivity contribution in [3.05, 3.63) is 291 Å². The normalized spacial score (nSPS) is 11.3. The lowest BCUT2D eigenvalue weighted by Crippen LogP contribution is -2.10. The molecular weight excluding hydrogens is 905 g/mol. The number of nitrogens with zero attached hydrogens (tertiary/aromatic N) is 4. The molecule has 5 heteroatoms. The molecule has 0 radical (unpaired) electrons. The maximum absolute atomic E-state index is 2.38. The number of hydrogen-bond acceptors (Lipinski definition) is 5. The predicted molar refractivity (Wildman–Crippen MR) is 313 cm³/mol. The van der Waals surface area contributed by atoms with Crippen LogP contribution in [-0.4, -0.2) is 0 Å². The second-order valence-corrected chi connectivity index (χ2v) is 19.3. The van der Waals surface area contributed by atoms with Gasteiger partial charge in [-0.25, -0.2) is 0 Å². The van der Waals surface area contributed by atoms with Crippen molar-refractivity contribution in [2.75, 3.05) is 19.6 Å². The van der Waals surface area contributed by atoms with Crippen LogP contribution in [0, 0.1) is 0 Å². The summed E-state index contributed by atoms with van der Waals surface area (Å²) in [5.41, 5.74) is 13.3. The summed E-state index contributed by atoms with van der Waals surface area (Å²) in [6.45, 7) is 0. The highest BCUT2D eigenvalue weighted by molar-refractivity contribution is 7.25. The molecule has 0 unspecified atom stereocenters. The molecule has 13 rings (SSSR count). The molecule has 0 spiro atoms. The lowest BCUT2D eigenvalue weighted by atomic mass is 10.0. The second-order valence-electron chi connectivity index (χ2n) is 18.2. The molecule has 0 N–H and O–H groups in total. The Labute approximate surface area is 429 Å². The van der Waals surface area contributed by atoms with E-state index in [0.29, 0.717) is 0 Å². The van der Waals surface area contributed by atoms with E-state index in [1.165, 1.54) is 41.7 Å². The predicted octanol–water partition coefficient (Wildman–Crippen LogP) is 20.2. The first-order valence-corrected chi connectivity index (χ1v) is 25.6. The minimum atomic E-state index is 1.10. The lowest BCUT2D eigenvalue weighted by Gasteiger charge is -2.27. The third kappa shape index (κ3) is 8.48. The van der Waals surface area contributed by atoms with E-state index < -0.39 is 0 Å². The van der Waals surface area contributed by atoms with Gasteiger partial charge in [-0.05, 0) is 179 Å². The van der Waals surface area contributed by atoms with Gasteiger partial charge in [-0.15, -0.1) is 11.3 Å². The van der Waals surface area contributed by atoms with E-state index in [0.717, 1.165) is 68.2 Å². The van der Waals surface area contributed by atoms with Crippen LogP contribution >= 0.6 is 11.3 Å². The third-order valence-corrected chi connectivity index (χ3v) is 14.8. The van der Waals surface area contributed by atoms with Crippen LogP contribution in [0.25, 0.3) is 41.7 Å². The molecule has 12 aromatic carbocycles. The Hall–Kier alpha value is -9.42. The molecule has 0 bridgehead atoms. The van der Waals surface area contributed by atoms with Crippen LogP contribution in [-0.2, 0) is 0 Å². The summed E-state index contributed by atoms with van der Waals surface area (Å²) in [6.07, 6.45) is 0. The fourth-order valence-electron chi connectivity index (χ4n) is 10.3. The first-order valence-electron chi connectivity index (χ1n) is 24.7. The SMILES string of the molecule is c1ccc(N(c2ccccc2)c2ccc3cc(N(c4ccccc4)c4ccc5sc6ccc(N(c7ccccc7)c7ccc8cc(N(c9ccccc9)c9ccccc9)ccc8c7)cc6c5c4)ccc3c2)cc1. The number of para-hydroxylation sites is 6. The molecule has 4 nitrogen and oxygen atoms in total. The largest absolute Gasteiger partial charge is 0.310 e. The molecule has 0 saturated heterocycles. The van der Waals surface area contributed by atoms with Gasteiger partial charge < -0.3 is 19.6 Å². The number of hydrogen-bond donors (Lipinski definition) is 0. The van der Waals surface area contributed by atoms with E-state index in [9.17, 15) is 0 Å². The number of anilines is 12. The minimum Gasteiger partial charge on any atom is -0.310 e. The third-order valence-electron chi connectivity index (χ3n) is 13.7. The van der Waals surface area contributed by atoms with E-state index >= 15 is 0 Å². The average molecular weight is 953 g/mol. The van der Waals surface area contributed by atoms with E-state index in [1.54, 1.807) is 0 Å². The molecular formula is C68H48N4S. The van der Waals surface area contributed by atoms with Crippen molar-refractivity contribution in [1.29, 1.82) is 0 Å². The summed E-state index contributed by atoms with van der Waals surface area (Å²) < 4.78 is 2.51. The van der Waals surface area contributed by atoms with Gasteiger partial charge in [-0.3, -0.25) is 0 Å². The van der Waals surface area contributed by atoms with E-state index in [4.69, 9.17) is 0 Å². The van der Waals surface area contributed by atoms with Crippen LogP contribution in [0.4, 0.5) is 68.2 Å². The molecule has 0 saturated carbocycles. The van der Waals surface area contributed by atoms with Gasteiger partial charge in [0.2, 0.25) is 0 Å². The summed E-state index contributed by atoms with van der Waals surface area (Å²) in [7, 11) is 0. The molecule has 0 amide bonds. The van der Waals surface area contributed by atoms with Crippen molar-refractivity contribution in [2.45, 2.75) is 0 Å². The van der Waals surface area contributed by atoms with E-state index in [1.807, 2.05) is 11.3 Å². The molecule has 1 heterocycles. The fourth-order valence-corrected chi connectivity index (χ4v) is 11.3. The quantitative estimate of drug-likeness (QED) is 0.121. The number of fused-ring (bicyclic) bond motifs is 5. The molecule has 346 valence electrons. The lowest BCUT2D eigenvalue weighted by molar-refractivity contribution is 1.28. The van der Waals surface area contributed by atoms with Crippen molar-refractivity contribution >= 4 is 121 Å². The Morgan fingerprint density at radius 2 is 0.384 bits per heavy atom. The maximum Gasteiger partial charge on any atom is 0.0468 e. The van der Waals surface area contributed by atoms with Crippen LogP contribution in [0.1, 0.15) is 0 Å². The van der Waals surface area contributed by atoms with Crippen molar-refractivity contribution in [2.24, 2.45) is 0 Å². The van der Waals surface area contributed by atoms with Gasteiger partial charge in [-0.2, -0.15) is 0 Å². The summed E-state index contributed by atoms with van der Waals surface area (Å²) in [5.74, 6) is 0. The average Bonchev–Trinajstić information content (AvgIpc) is 3.83. The van der Waals surface area contributed by atoms with Gasteiger partial charge in [0, 0.05) is 88.4 Å². The Balaban J connectivity index is 0.878. The molecule has 0 aliphatic rings. The zero-order valence-corrected chi connectivity index (χ0v) is 40.7. The number of benzene rings is 12. The van der Waals surface area contributed by atoms with Crippen LogP contribution in [0.15, 0.2) is 291 Å². The van der Waals surface area contributed by atoms with Crippen molar-refractivity contribution in [3.8, 4) is 0 Å². The van der Waals surface area contributed by atoms with Crippen LogP contribution in [0.3, 0.4) is 0 Å². The van der Waals surface area contributed by atoms with E-state index in [2.05, 4.69) is 311 Å². The Kier molecular flexibility index (Phi) is 11.4. The molecule has 73 heavy (non-hydrogen) atoms. The first-order chi connectivity index (χ1) is 36.2. The smallest absolute Gasteiger partial charge is 0.0468 e. The van der Waals surface area contributed by atoms with Crippen molar-refractivity contribution in [3.63, 3.8) is 0 Å². The van der Waals surface area contributed by atoms with Gasteiger partial charge in [0.15, 0.2) is 0 Å². The van der Waals surface area contributed by atoms with Crippen LogP contribution < -0.4 is 19.6 Å². The van der Waals surface area contributed by atoms with Crippen molar-refractivity contribution in [1.82, 2.24) is 0 Å². The number of thiophene rings is 1. The summed E-state index contributed by atoms with van der Waals surface area (Å²) in [5, 5.41) is 7.16. The first kappa shape index (κ1) is 43.6. The standard InChI is InChI=1S/C68H48N4S/c1-7-19-53(20-8-1)69(54-21-9-2-10-22-54)59-35-31-51-45-61(37-33-49(51)43-59)71(57-27-15-5-16-28-57)63-39-41-67-65(47-63)66-48-64(40-42-68(66)73-67)72(58-29-17-6-18-30-58)62-38-34-50-44-60(36-32-52(50)46-62)70(55-23-11-3-12-24-55)56-25-13-4-14-26-56/h1-48H. The Morgan fingerprint density at radius 1 is 0.178 bits per heavy atom. The summed E-state index contributed by atoms with van der Waals surface area (Å²) in [6, 6.07) is 105. The monoisotopic (exact) mass is 952 g/mol. The highest BCUT2D eigenvalue weighted by Crippen LogP contribution is 2.45. The topological polar surface area (TPSA) is 13.0 Å². The van der Waals surface area contributed by atoms with Gasteiger partial charge in [0.1, 0.15) is 0 Å². The maximum atomic E-state index is 2.38. The van der Waals surface area contributed by atoms with Gasteiger partial charge in [0.05, 0.1) is 0 Å². The van der Waals surface area contributed by atoms with Gasteiger partial charge in [-0.1, -0.05) is 133 Å². The molecule has 0 atom stereocenters. The Morgan fingerprint density at radius 3 is 0.630 bits per heavy atom. The molecule has 13 aromatic rings. The zero-order valence-electron chi connectivity index (χ0n) is 39.9. The number of rotatable bonds is 12. The van der Waals surface area contributed by atoms with Crippen LogP contribution in [0.2, 0.25) is 0 Å². The van der Waals surface area contributed by atoms with Gasteiger partial charge in [0.25, 0.3) is 0 Å². The van der Waals surface area contributed by atoms with E-state index in [-0.39, 0.29) is 0 Å². The molecule has 0 fully saturated rings. The minimum absolute atomic E-state index is 1.10. The molecule has 0 aliphatic carbocycles. The fraction of sp³-hybridized carbons (Fsp3) is 0. The van der Waals surface area contributed by atoms with Gasteiger partial charge >= 0.3 is 0 Å². The zero-order chi connectivity index (χ0) is 48.5. The molecule has 0 aliphatic heterocycles. The summed E-state index contributed by atoms with van der Waals surface area (Å²) in [4.78, 5) is 9.41. The Bertz CT molecular complexity index is 3690. The highest BCUT2D eigenvalue weighted by Gasteiger charge is 2.20. The highest BCUT2D eigenvalue weighted by atomic mass is 32.1. The summed E-state index contributed by atoms with van der Waals surface area (Å²) >= 11 is 1.85. The second kappa shape index (κ2) is 19.1. The van der Waals surface area contributed by atoms with Crippen molar-refractivity contribution < 1.29 is 0 Å².